The fraction of sp³-hybridized carbons (Fsp3) is 0.400. The number of hydrogen-bond acceptors (Lipinski definition) is 2. The minimum Gasteiger partial charge on any atom is -0.392 e. The van der Waals surface area contributed by atoms with E-state index >= 15 is 0 Å². The number of nitrogens with zero attached hydrogens (tertiary/aromatic N) is 2. The monoisotopic (exact) mass is 262 g/mol. The maximum absolute atomic E-state index is 13.5. The van der Waals surface area contributed by atoms with Crippen LogP contribution in [0.3, 0.4) is 0 Å². The molecule has 0 aliphatic carbocycles. The van der Waals surface area contributed by atoms with Crippen molar-refractivity contribution in [3.05, 3.63) is 53.9 Å². The van der Waals surface area contributed by atoms with Gasteiger partial charge in [-0.25, -0.2) is 9.37 Å². The van der Waals surface area contributed by atoms with Crippen molar-refractivity contribution in [2.24, 2.45) is 0 Å². The number of rotatable bonds is 6. The first kappa shape index (κ1) is 13.7. The van der Waals surface area contributed by atoms with Crippen LogP contribution >= 0.6 is 0 Å². The molecule has 0 aliphatic heterocycles. The van der Waals surface area contributed by atoms with Crippen LogP contribution in [0.2, 0.25) is 0 Å². The molecule has 1 aromatic heterocycles. The predicted molar refractivity (Wildman–Crippen MR) is 72.3 cm³/mol. The Hall–Kier alpha value is -1.68. The molecule has 1 unspecified atom stereocenters. The summed E-state index contributed by atoms with van der Waals surface area (Å²) < 4.78 is 15.5. The van der Waals surface area contributed by atoms with E-state index in [1.165, 1.54) is 6.07 Å². The molecule has 0 bridgehead atoms. The molecule has 2 rings (SSSR count). The number of aliphatic hydroxyl groups is 1. The van der Waals surface area contributed by atoms with Crippen LogP contribution in [0.1, 0.15) is 24.7 Å². The third kappa shape index (κ3) is 3.64. The normalized spacial score (nSPS) is 12.6. The lowest BCUT2D eigenvalue weighted by molar-refractivity contribution is 0.170. The van der Waals surface area contributed by atoms with Crippen LogP contribution in [0.4, 0.5) is 4.39 Å². The first-order valence-corrected chi connectivity index (χ1v) is 6.62. The van der Waals surface area contributed by atoms with Crippen molar-refractivity contribution in [1.29, 1.82) is 0 Å². The number of halogens is 1. The summed E-state index contributed by atoms with van der Waals surface area (Å²) in [4.78, 5) is 4.25. The summed E-state index contributed by atoms with van der Waals surface area (Å²) >= 11 is 0. The highest BCUT2D eigenvalue weighted by atomic mass is 19.1. The Morgan fingerprint density at radius 2 is 2.11 bits per heavy atom. The van der Waals surface area contributed by atoms with Crippen LogP contribution in [-0.2, 0) is 19.4 Å². The molecule has 1 N–H and O–H groups in total. The van der Waals surface area contributed by atoms with Gasteiger partial charge in [0, 0.05) is 31.8 Å². The highest BCUT2D eigenvalue weighted by molar-refractivity contribution is 5.18. The van der Waals surface area contributed by atoms with E-state index in [0.29, 0.717) is 18.4 Å². The minimum atomic E-state index is -0.616. The lowest BCUT2D eigenvalue weighted by Crippen LogP contribution is -2.18. The van der Waals surface area contributed by atoms with E-state index in [-0.39, 0.29) is 5.82 Å². The highest BCUT2D eigenvalue weighted by Crippen LogP contribution is 2.12. The molecule has 0 aliphatic rings. The van der Waals surface area contributed by atoms with E-state index in [2.05, 4.69) is 11.9 Å². The van der Waals surface area contributed by atoms with Gasteiger partial charge in [0.25, 0.3) is 0 Å². The van der Waals surface area contributed by atoms with Gasteiger partial charge >= 0.3 is 0 Å². The van der Waals surface area contributed by atoms with E-state index in [9.17, 15) is 9.50 Å². The summed E-state index contributed by atoms with van der Waals surface area (Å²) in [5, 5.41) is 10.1. The Bertz CT molecular complexity index is 524. The van der Waals surface area contributed by atoms with Crippen molar-refractivity contribution in [2.45, 2.75) is 38.8 Å². The fourth-order valence-corrected chi connectivity index (χ4v) is 2.18. The third-order valence-electron chi connectivity index (χ3n) is 3.10. The molecule has 0 fully saturated rings. The number of imidazole rings is 1. The Labute approximate surface area is 112 Å². The molecular weight excluding hydrogens is 243 g/mol. The summed E-state index contributed by atoms with van der Waals surface area (Å²) in [7, 11) is 0. The smallest absolute Gasteiger partial charge is 0.126 e. The molecule has 4 heteroatoms. The van der Waals surface area contributed by atoms with Crippen molar-refractivity contribution in [2.75, 3.05) is 0 Å². The molecular formula is C15H19FN2O. The molecule has 0 amide bonds. The first-order chi connectivity index (χ1) is 9.20. The summed E-state index contributed by atoms with van der Waals surface area (Å²) in [6, 6.07) is 6.56. The second-order valence-corrected chi connectivity index (χ2v) is 4.69. The number of benzene rings is 1. The average Bonchev–Trinajstić information content (AvgIpc) is 2.80. The van der Waals surface area contributed by atoms with Crippen molar-refractivity contribution in [1.82, 2.24) is 9.55 Å². The van der Waals surface area contributed by atoms with Gasteiger partial charge in [0.15, 0.2) is 0 Å². The summed E-state index contributed by atoms with van der Waals surface area (Å²) in [5.74, 6) is 0.587. The third-order valence-corrected chi connectivity index (χ3v) is 3.10. The van der Waals surface area contributed by atoms with Crippen LogP contribution in [-0.4, -0.2) is 20.8 Å². The molecule has 0 saturated carbocycles. The zero-order chi connectivity index (χ0) is 13.7. The van der Waals surface area contributed by atoms with Gasteiger partial charge in [-0.05, 0) is 18.1 Å². The second-order valence-electron chi connectivity index (χ2n) is 4.69. The molecule has 3 nitrogen and oxygen atoms in total. The zero-order valence-corrected chi connectivity index (χ0v) is 11.1. The topological polar surface area (TPSA) is 38.0 Å². The van der Waals surface area contributed by atoms with Gasteiger partial charge in [-0.3, -0.25) is 0 Å². The van der Waals surface area contributed by atoms with Crippen LogP contribution in [0.5, 0.6) is 0 Å². The fourth-order valence-electron chi connectivity index (χ4n) is 2.18. The Kier molecular flexibility index (Phi) is 4.68. The van der Waals surface area contributed by atoms with E-state index in [4.69, 9.17) is 0 Å². The Balaban J connectivity index is 1.99. The molecule has 1 atom stereocenters. The van der Waals surface area contributed by atoms with Crippen molar-refractivity contribution in [3.63, 3.8) is 0 Å². The molecule has 0 saturated heterocycles. The lowest BCUT2D eigenvalue weighted by Gasteiger charge is -2.12. The number of aromatic nitrogens is 2. The predicted octanol–water partition coefficient (Wildman–Crippen LogP) is 2.58. The van der Waals surface area contributed by atoms with Crippen molar-refractivity contribution < 1.29 is 9.50 Å². The zero-order valence-electron chi connectivity index (χ0n) is 11.1. The Morgan fingerprint density at radius 3 is 2.84 bits per heavy atom. The number of aryl methyl sites for hydroxylation is 1. The van der Waals surface area contributed by atoms with Crippen molar-refractivity contribution in [3.8, 4) is 0 Å². The molecule has 1 heterocycles. The van der Waals surface area contributed by atoms with Gasteiger partial charge in [0.05, 0.1) is 6.10 Å². The summed E-state index contributed by atoms with van der Waals surface area (Å²) in [6.45, 7) is 2.99. The van der Waals surface area contributed by atoms with E-state index in [1.807, 2.05) is 10.8 Å². The second kappa shape index (κ2) is 6.48. The van der Waals surface area contributed by atoms with Gasteiger partial charge in [0.2, 0.25) is 0 Å². The van der Waals surface area contributed by atoms with E-state index in [1.54, 1.807) is 24.4 Å². The Morgan fingerprint density at radius 1 is 1.32 bits per heavy atom. The molecule has 2 aromatic rings. The molecule has 102 valence electrons. The van der Waals surface area contributed by atoms with Gasteiger partial charge in [-0.1, -0.05) is 25.1 Å². The standard InChI is InChI=1S/C15H19FN2O/c1-2-8-18-9-7-17-15(18)11-13(19)10-12-5-3-4-6-14(12)16/h3-7,9,13,19H,2,8,10-11H2,1H3. The van der Waals surface area contributed by atoms with E-state index < -0.39 is 6.10 Å². The van der Waals surface area contributed by atoms with Crippen LogP contribution < -0.4 is 0 Å². The molecule has 0 radical (unpaired) electrons. The van der Waals surface area contributed by atoms with Gasteiger partial charge in [-0.15, -0.1) is 0 Å². The quantitative estimate of drug-likeness (QED) is 0.869. The number of hydrogen-bond donors (Lipinski definition) is 1. The maximum atomic E-state index is 13.5. The van der Waals surface area contributed by atoms with Crippen LogP contribution in [0.25, 0.3) is 0 Å². The highest BCUT2D eigenvalue weighted by Gasteiger charge is 2.12. The van der Waals surface area contributed by atoms with E-state index in [0.717, 1.165) is 18.8 Å². The molecule has 1 aromatic carbocycles. The minimum absolute atomic E-state index is 0.265. The van der Waals surface area contributed by atoms with Gasteiger partial charge < -0.3 is 9.67 Å². The van der Waals surface area contributed by atoms with Gasteiger partial charge in [0.1, 0.15) is 11.6 Å². The summed E-state index contributed by atoms with van der Waals surface area (Å²) in [6.07, 6.45) is 4.81. The molecule has 19 heavy (non-hydrogen) atoms. The summed E-state index contributed by atoms with van der Waals surface area (Å²) in [5.41, 5.74) is 0.545. The van der Waals surface area contributed by atoms with Crippen LogP contribution in [0.15, 0.2) is 36.7 Å². The first-order valence-electron chi connectivity index (χ1n) is 6.62. The lowest BCUT2D eigenvalue weighted by atomic mass is 10.0. The van der Waals surface area contributed by atoms with Gasteiger partial charge in [-0.2, -0.15) is 0 Å². The molecule has 0 spiro atoms. The average molecular weight is 262 g/mol. The SMILES string of the molecule is CCCn1ccnc1CC(O)Cc1ccccc1F. The van der Waals surface area contributed by atoms with Crippen LogP contribution in [0, 0.1) is 5.82 Å². The largest absolute Gasteiger partial charge is 0.392 e. The maximum Gasteiger partial charge on any atom is 0.126 e. The van der Waals surface area contributed by atoms with Crippen molar-refractivity contribution >= 4 is 0 Å². The number of aliphatic hydroxyl groups excluding tert-OH is 1.